The van der Waals surface area contributed by atoms with Crippen molar-refractivity contribution in [3.63, 3.8) is 0 Å². The normalized spacial score (nSPS) is 11.8. The molecule has 6 rings (SSSR count). The van der Waals surface area contributed by atoms with Gasteiger partial charge in [-0.05, 0) is 36.6 Å². The topological polar surface area (TPSA) is 137 Å². The van der Waals surface area contributed by atoms with Crippen molar-refractivity contribution in [3.8, 4) is 22.7 Å². The van der Waals surface area contributed by atoms with Gasteiger partial charge in [-0.1, -0.05) is 48.5 Å². The van der Waals surface area contributed by atoms with Crippen LogP contribution in [0.15, 0.2) is 94.7 Å². The van der Waals surface area contributed by atoms with E-state index in [9.17, 15) is 19.7 Å². The molecule has 2 heterocycles. The Hall–Kier alpha value is -5.42. The summed E-state index contributed by atoms with van der Waals surface area (Å²) in [5, 5.41) is 17.1. The van der Waals surface area contributed by atoms with Crippen LogP contribution in [0.1, 0.15) is 17.3 Å². The van der Waals surface area contributed by atoms with E-state index in [2.05, 4.69) is 15.3 Å². The highest BCUT2D eigenvalue weighted by atomic mass is 32.1. The molecule has 0 fully saturated rings. The average molecular weight is 565 g/mol. The zero-order chi connectivity index (χ0) is 28.5. The number of nitrogens with one attached hydrogen (secondary N) is 1. The number of thiazole rings is 1. The SMILES string of the molecule is CC(OC(=O)c1cccc2cccc(-c3nc4ccccc4o3)c12)C(=O)Nc1nc(-c2cccc([N+](=O)[O-])c2)cs1. The number of carbonyl (C=O) groups excluding carboxylic acids is 2. The number of ether oxygens (including phenoxy) is 1. The predicted molar refractivity (Wildman–Crippen MR) is 155 cm³/mol. The number of anilines is 1. The predicted octanol–water partition coefficient (Wildman–Crippen LogP) is 6.86. The summed E-state index contributed by atoms with van der Waals surface area (Å²) >= 11 is 1.15. The number of nitro benzene ring substituents is 1. The molecule has 0 radical (unpaired) electrons. The second-order valence-electron chi connectivity index (χ2n) is 9.08. The van der Waals surface area contributed by atoms with Gasteiger partial charge in [-0.3, -0.25) is 20.2 Å². The third-order valence-corrected chi connectivity index (χ3v) is 7.15. The molecule has 1 amide bonds. The molecule has 10 nitrogen and oxygen atoms in total. The quantitative estimate of drug-likeness (QED) is 0.126. The number of para-hydroxylation sites is 2. The molecule has 0 spiro atoms. The van der Waals surface area contributed by atoms with Crippen LogP contribution in [0.3, 0.4) is 0 Å². The fraction of sp³-hybridized carbons (Fsp3) is 0.0667. The van der Waals surface area contributed by atoms with Gasteiger partial charge in [0.25, 0.3) is 11.6 Å². The van der Waals surface area contributed by atoms with Crippen molar-refractivity contribution in [2.45, 2.75) is 13.0 Å². The van der Waals surface area contributed by atoms with Gasteiger partial charge in [0, 0.05) is 34.0 Å². The van der Waals surface area contributed by atoms with Crippen LogP contribution < -0.4 is 5.32 Å². The number of hydrogen-bond donors (Lipinski definition) is 1. The highest BCUT2D eigenvalue weighted by molar-refractivity contribution is 7.14. The van der Waals surface area contributed by atoms with Crippen LogP contribution in [0.4, 0.5) is 10.8 Å². The number of benzene rings is 4. The van der Waals surface area contributed by atoms with Crippen LogP contribution in [-0.4, -0.2) is 32.9 Å². The second-order valence-corrected chi connectivity index (χ2v) is 9.94. The molecular formula is C30H20N4O6S. The molecular weight excluding hydrogens is 544 g/mol. The van der Waals surface area contributed by atoms with E-state index in [0.29, 0.717) is 39.2 Å². The van der Waals surface area contributed by atoms with Gasteiger partial charge in [0.1, 0.15) is 5.52 Å². The number of nitrogens with zero attached hydrogens (tertiary/aromatic N) is 3. The lowest BCUT2D eigenvalue weighted by molar-refractivity contribution is -0.384. The number of hydrogen-bond acceptors (Lipinski definition) is 9. The fourth-order valence-corrected chi connectivity index (χ4v) is 5.13. The lowest BCUT2D eigenvalue weighted by Gasteiger charge is -2.14. The molecule has 1 atom stereocenters. The standard InChI is InChI=1S/C30H20N4O6S/c1-17(27(35)33-30-32-24(16-41-30)19-9-4-10-20(15-19)34(37)38)39-29(36)22-12-6-8-18-7-5-11-21(26(18)22)28-31-23-13-2-3-14-25(23)40-28/h2-17H,1H3,(H,32,33,35). The first-order valence-electron chi connectivity index (χ1n) is 12.5. The van der Waals surface area contributed by atoms with E-state index in [1.807, 2.05) is 48.5 Å². The zero-order valence-corrected chi connectivity index (χ0v) is 22.3. The number of carbonyl (C=O) groups is 2. The third-order valence-electron chi connectivity index (χ3n) is 6.39. The van der Waals surface area contributed by atoms with E-state index in [0.717, 1.165) is 16.7 Å². The summed E-state index contributed by atoms with van der Waals surface area (Å²) in [7, 11) is 0. The van der Waals surface area contributed by atoms with Crippen molar-refractivity contribution >= 4 is 55.9 Å². The smallest absolute Gasteiger partial charge is 0.339 e. The van der Waals surface area contributed by atoms with E-state index < -0.39 is 22.9 Å². The Bertz CT molecular complexity index is 1930. The summed E-state index contributed by atoms with van der Waals surface area (Å²) in [6, 6.07) is 24.2. The molecule has 0 aliphatic carbocycles. The van der Waals surface area contributed by atoms with Gasteiger partial charge in [0.05, 0.1) is 16.2 Å². The van der Waals surface area contributed by atoms with Gasteiger partial charge in [-0.2, -0.15) is 0 Å². The number of oxazole rings is 1. The van der Waals surface area contributed by atoms with Gasteiger partial charge in [-0.25, -0.2) is 14.8 Å². The molecule has 2 aromatic heterocycles. The van der Waals surface area contributed by atoms with E-state index in [1.54, 1.807) is 29.6 Å². The Morgan fingerprint density at radius 1 is 1.00 bits per heavy atom. The summed E-state index contributed by atoms with van der Waals surface area (Å²) in [6.07, 6.45) is -1.14. The van der Waals surface area contributed by atoms with E-state index in [-0.39, 0.29) is 16.4 Å². The number of nitro groups is 1. The monoisotopic (exact) mass is 564 g/mol. The summed E-state index contributed by atoms with van der Waals surface area (Å²) in [5.41, 5.74) is 3.17. The van der Waals surface area contributed by atoms with Gasteiger partial charge < -0.3 is 9.15 Å². The van der Waals surface area contributed by atoms with Crippen molar-refractivity contribution in [1.82, 2.24) is 9.97 Å². The van der Waals surface area contributed by atoms with E-state index >= 15 is 0 Å². The highest BCUT2D eigenvalue weighted by Crippen LogP contribution is 2.33. The Labute approximate surface area is 236 Å². The minimum atomic E-state index is -1.14. The van der Waals surface area contributed by atoms with Crippen molar-refractivity contribution in [1.29, 1.82) is 0 Å². The molecule has 1 unspecified atom stereocenters. The Balaban J connectivity index is 1.22. The maximum absolute atomic E-state index is 13.3. The van der Waals surface area contributed by atoms with Gasteiger partial charge in [0.2, 0.25) is 5.89 Å². The first kappa shape index (κ1) is 25.8. The summed E-state index contributed by atoms with van der Waals surface area (Å²) in [4.78, 5) is 45.8. The summed E-state index contributed by atoms with van der Waals surface area (Å²) in [6.45, 7) is 1.47. The van der Waals surface area contributed by atoms with Crippen molar-refractivity contribution < 1.29 is 23.7 Å². The van der Waals surface area contributed by atoms with Crippen LogP contribution in [0.5, 0.6) is 0 Å². The molecule has 202 valence electrons. The molecule has 4 aromatic carbocycles. The number of non-ortho nitro benzene ring substituents is 1. The molecule has 6 aromatic rings. The fourth-order valence-electron chi connectivity index (χ4n) is 4.40. The van der Waals surface area contributed by atoms with E-state index in [4.69, 9.17) is 9.15 Å². The molecule has 0 aliphatic heterocycles. The van der Waals surface area contributed by atoms with Crippen LogP contribution >= 0.6 is 11.3 Å². The summed E-state index contributed by atoms with van der Waals surface area (Å²) < 4.78 is 11.5. The molecule has 0 aliphatic rings. The maximum atomic E-state index is 13.3. The molecule has 0 bridgehead atoms. The number of esters is 1. The number of fused-ring (bicyclic) bond motifs is 2. The number of aromatic nitrogens is 2. The van der Waals surface area contributed by atoms with Crippen LogP contribution in [-0.2, 0) is 9.53 Å². The molecule has 41 heavy (non-hydrogen) atoms. The van der Waals surface area contributed by atoms with Gasteiger partial charge in [0.15, 0.2) is 16.8 Å². The lowest BCUT2D eigenvalue weighted by Crippen LogP contribution is -2.30. The Kier molecular flexibility index (Phi) is 6.70. The second kappa shape index (κ2) is 10.6. The molecule has 0 saturated carbocycles. The molecule has 11 heteroatoms. The highest BCUT2D eigenvalue weighted by Gasteiger charge is 2.23. The third kappa shape index (κ3) is 5.13. The lowest BCUT2D eigenvalue weighted by atomic mass is 9.99. The Morgan fingerprint density at radius 3 is 2.59 bits per heavy atom. The number of amides is 1. The average Bonchev–Trinajstić information content (AvgIpc) is 3.64. The Morgan fingerprint density at radius 2 is 1.78 bits per heavy atom. The minimum Gasteiger partial charge on any atom is -0.449 e. The zero-order valence-electron chi connectivity index (χ0n) is 21.4. The van der Waals surface area contributed by atoms with Crippen molar-refractivity contribution in [2.75, 3.05) is 5.32 Å². The van der Waals surface area contributed by atoms with Gasteiger partial charge in [-0.15, -0.1) is 11.3 Å². The number of rotatable bonds is 7. The van der Waals surface area contributed by atoms with Crippen LogP contribution in [0, 0.1) is 10.1 Å². The van der Waals surface area contributed by atoms with Crippen LogP contribution in [0.25, 0.3) is 44.6 Å². The first-order valence-corrected chi connectivity index (χ1v) is 13.4. The van der Waals surface area contributed by atoms with Gasteiger partial charge >= 0.3 is 5.97 Å². The van der Waals surface area contributed by atoms with Crippen LogP contribution in [0.2, 0.25) is 0 Å². The van der Waals surface area contributed by atoms with E-state index in [1.165, 1.54) is 19.1 Å². The summed E-state index contributed by atoms with van der Waals surface area (Å²) in [5.74, 6) is -0.887. The largest absolute Gasteiger partial charge is 0.449 e. The first-order chi connectivity index (χ1) is 19.9. The molecule has 0 saturated heterocycles. The van der Waals surface area contributed by atoms with Crippen molar-refractivity contribution in [3.05, 3.63) is 106 Å². The molecule has 1 N–H and O–H groups in total. The maximum Gasteiger partial charge on any atom is 0.339 e. The minimum absolute atomic E-state index is 0.0608. The van der Waals surface area contributed by atoms with Crippen molar-refractivity contribution in [2.24, 2.45) is 0 Å².